The summed E-state index contributed by atoms with van der Waals surface area (Å²) in [7, 11) is 0. The van der Waals surface area contributed by atoms with Crippen molar-refractivity contribution in [2.45, 2.75) is 81.3 Å². The minimum Gasteiger partial charge on any atom is -0.368 e. The molecular weight excluding hydrogens is 394 g/mol. The Morgan fingerprint density at radius 3 is 2.43 bits per heavy atom. The van der Waals surface area contributed by atoms with Crippen molar-refractivity contribution in [2.75, 3.05) is 18.4 Å². The number of nitrogens with two attached hydrogens (primary N) is 1. The Morgan fingerprint density at radius 1 is 1.13 bits per heavy atom. The summed E-state index contributed by atoms with van der Waals surface area (Å²) in [5.41, 5.74) is 6.99. The predicted molar refractivity (Wildman–Crippen MR) is 125 cm³/mol. The molecule has 6 heteroatoms. The van der Waals surface area contributed by atoms with E-state index in [1.807, 2.05) is 24.3 Å². The molecule has 1 spiro atoms. The first kappa shape index (κ1) is 23.1. The largest absolute Gasteiger partial charge is 0.368 e. The standard InChI is InChI=1S/C24H37N3O2S/c1-3-5-6-18(4-2)21(28)27-19-7-9-20(10-8-19)30-24(22(25)29)12-11-23(17-24)13-15-26-16-14-23/h7-10,18,26H,3-6,11-17H2,1-2H3,(H2,25,29)(H,27,28). The van der Waals surface area contributed by atoms with Gasteiger partial charge < -0.3 is 16.4 Å². The van der Waals surface area contributed by atoms with Crippen LogP contribution in [0.2, 0.25) is 0 Å². The number of amides is 2. The van der Waals surface area contributed by atoms with Crippen LogP contribution in [-0.2, 0) is 9.59 Å². The lowest BCUT2D eigenvalue weighted by Crippen LogP contribution is -2.42. The fourth-order valence-corrected chi connectivity index (χ4v) is 6.44. The zero-order valence-corrected chi connectivity index (χ0v) is 19.3. The molecule has 4 N–H and O–H groups in total. The van der Waals surface area contributed by atoms with Gasteiger partial charge in [-0.25, -0.2) is 0 Å². The van der Waals surface area contributed by atoms with Gasteiger partial charge in [0.15, 0.2) is 0 Å². The molecule has 5 nitrogen and oxygen atoms in total. The number of hydrogen-bond acceptors (Lipinski definition) is 4. The first-order valence-corrected chi connectivity index (χ1v) is 12.3. The highest BCUT2D eigenvalue weighted by Gasteiger charge is 2.52. The van der Waals surface area contributed by atoms with Crippen molar-refractivity contribution < 1.29 is 9.59 Å². The fourth-order valence-electron chi connectivity index (χ4n) is 5.03. The average Bonchev–Trinajstić information content (AvgIpc) is 3.09. The molecule has 2 aliphatic rings. The Balaban J connectivity index is 1.64. The zero-order chi connectivity index (χ0) is 21.6. The molecule has 1 aliphatic heterocycles. The Hall–Kier alpha value is -1.53. The maximum absolute atomic E-state index is 12.5. The van der Waals surface area contributed by atoms with Crippen molar-refractivity contribution in [1.82, 2.24) is 5.32 Å². The molecule has 0 radical (unpaired) electrons. The maximum atomic E-state index is 12.5. The van der Waals surface area contributed by atoms with Crippen LogP contribution in [0, 0.1) is 11.3 Å². The summed E-state index contributed by atoms with van der Waals surface area (Å²) in [4.78, 5) is 26.1. The molecule has 1 saturated heterocycles. The molecule has 0 bridgehead atoms. The molecule has 1 aromatic carbocycles. The molecule has 2 fully saturated rings. The van der Waals surface area contributed by atoms with Crippen LogP contribution in [0.1, 0.15) is 71.6 Å². The first-order valence-electron chi connectivity index (χ1n) is 11.5. The monoisotopic (exact) mass is 431 g/mol. The summed E-state index contributed by atoms with van der Waals surface area (Å²) in [6.45, 7) is 6.28. The van der Waals surface area contributed by atoms with Crippen LogP contribution in [-0.4, -0.2) is 29.7 Å². The van der Waals surface area contributed by atoms with Crippen molar-refractivity contribution in [1.29, 1.82) is 0 Å². The minimum atomic E-state index is -0.518. The maximum Gasteiger partial charge on any atom is 0.234 e. The third-order valence-corrected chi connectivity index (χ3v) is 8.49. The Morgan fingerprint density at radius 2 is 1.83 bits per heavy atom. The smallest absolute Gasteiger partial charge is 0.234 e. The van der Waals surface area contributed by atoms with E-state index in [1.165, 1.54) is 0 Å². The summed E-state index contributed by atoms with van der Waals surface area (Å²) in [6, 6.07) is 7.89. The zero-order valence-electron chi connectivity index (χ0n) is 18.5. The number of rotatable bonds is 9. The van der Waals surface area contributed by atoms with Crippen LogP contribution in [0.5, 0.6) is 0 Å². The molecular formula is C24H37N3O2S. The number of carbonyl (C=O) groups excluding carboxylic acids is 2. The molecule has 1 aromatic rings. The van der Waals surface area contributed by atoms with Crippen LogP contribution < -0.4 is 16.4 Å². The Kier molecular flexibility index (Phi) is 7.86. The van der Waals surface area contributed by atoms with Gasteiger partial charge >= 0.3 is 0 Å². The molecule has 2 unspecified atom stereocenters. The Bertz CT molecular complexity index is 730. The van der Waals surface area contributed by atoms with E-state index in [0.29, 0.717) is 0 Å². The number of hydrogen-bond donors (Lipinski definition) is 3. The average molecular weight is 432 g/mol. The van der Waals surface area contributed by atoms with Gasteiger partial charge in [0.1, 0.15) is 0 Å². The molecule has 2 atom stereocenters. The topological polar surface area (TPSA) is 84.2 Å². The van der Waals surface area contributed by atoms with Gasteiger partial charge in [-0.1, -0.05) is 26.7 Å². The van der Waals surface area contributed by atoms with Crippen molar-refractivity contribution in [2.24, 2.45) is 17.1 Å². The molecule has 3 rings (SSSR count). The summed E-state index contributed by atoms with van der Waals surface area (Å²) in [6.07, 6.45) is 9.03. The van der Waals surface area contributed by atoms with E-state index in [0.717, 1.165) is 81.5 Å². The van der Waals surface area contributed by atoms with E-state index in [4.69, 9.17) is 5.73 Å². The number of thioether (sulfide) groups is 1. The lowest BCUT2D eigenvalue weighted by atomic mass is 9.77. The normalized spacial score (nSPS) is 23.9. The quantitative estimate of drug-likeness (QED) is 0.529. The van der Waals surface area contributed by atoms with Crippen LogP contribution in [0.15, 0.2) is 29.2 Å². The highest BCUT2D eigenvalue weighted by Crippen LogP contribution is 2.56. The third kappa shape index (κ3) is 5.38. The van der Waals surface area contributed by atoms with Gasteiger partial charge in [0.05, 0.1) is 4.75 Å². The fraction of sp³-hybridized carbons (Fsp3) is 0.667. The second-order valence-corrected chi connectivity index (χ2v) is 10.6. The molecule has 2 amide bonds. The molecule has 1 saturated carbocycles. The van der Waals surface area contributed by atoms with E-state index in [-0.39, 0.29) is 23.1 Å². The van der Waals surface area contributed by atoms with Gasteiger partial charge in [0, 0.05) is 16.5 Å². The Labute approximate surface area is 185 Å². The molecule has 1 aliphatic carbocycles. The predicted octanol–water partition coefficient (Wildman–Crippen LogP) is 4.71. The first-order chi connectivity index (χ1) is 14.4. The minimum absolute atomic E-state index is 0.0665. The van der Waals surface area contributed by atoms with E-state index in [1.54, 1.807) is 11.8 Å². The van der Waals surface area contributed by atoms with Crippen LogP contribution in [0.3, 0.4) is 0 Å². The number of anilines is 1. The highest BCUT2D eigenvalue weighted by atomic mass is 32.2. The summed E-state index contributed by atoms with van der Waals surface area (Å²) >= 11 is 1.62. The molecule has 1 heterocycles. The van der Waals surface area contributed by atoms with E-state index in [9.17, 15) is 9.59 Å². The lowest BCUT2D eigenvalue weighted by molar-refractivity contribution is -0.121. The lowest BCUT2D eigenvalue weighted by Gasteiger charge is -2.35. The summed E-state index contributed by atoms with van der Waals surface area (Å²) in [5.74, 6) is -0.0256. The molecule has 166 valence electrons. The summed E-state index contributed by atoms with van der Waals surface area (Å²) < 4.78 is -0.518. The number of piperidine rings is 1. The molecule has 0 aromatic heterocycles. The van der Waals surface area contributed by atoms with Gasteiger partial charge in [-0.05, 0) is 87.7 Å². The number of nitrogens with one attached hydrogen (secondary N) is 2. The number of primary amides is 1. The van der Waals surface area contributed by atoms with Gasteiger partial charge in [0.2, 0.25) is 11.8 Å². The summed E-state index contributed by atoms with van der Waals surface area (Å²) in [5, 5.41) is 6.48. The SMILES string of the molecule is CCCCC(CC)C(=O)Nc1ccc(SC2(C(N)=O)CCC3(CCNCC3)C2)cc1. The van der Waals surface area contributed by atoms with Gasteiger partial charge in [-0.3, -0.25) is 9.59 Å². The van der Waals surface area contributed by atoms with E-state index in [2.05, 4.69) is 24.5 Å². The van der Waals surface area contributed by atoms with Crippen molar-refractivity contribution in [3.63, 3.8) is 0 Å². The van der Waals surface area contributed by atoms with Gasteiger partial charge in [-0.15, -0.1) is 11.8 Å². The van der Waals surface area contributed by atoms with E-state index >= 15 is 0 Å². The van der Waals surface area contributed by atoms with Crippen LogP contribution in [0.25, 0.3) is 0 Å². The van der Waals surface area contributed by atoms with Crippen LogP contribution in [0.4, 0.5) is 5.69 Å². The van der Waals surface area contributed by atoms with Crippen LogP contribution >= 0.6 is 11.8 Å². The number of unbranched alkanes of at least 4 members (excludes halogenated alkanes) is 1. The highest BCUT2D eigenvalue weighted by molar-refractivity contribution is 8.01. The van der Waals surface area contributed by atoms with Crippen molar-refractivity contribution >= 4 is 29.3 Å². The second kappa shape index (κ2) is 10.2. The van der Waals surface area contributed by atoms with Gasteiger partial charge in [-0.2, -0.15) is 0 Å². The number of carbonyl (C=O) groups is 2. The van der Waals surface area contributed by atoms with Crippen molar-refractivity contribution in [3.8, 4) is 0 Å². The third-order valence-electron chi connectivity index (χ3n) is 7.04. The van der Waals surface area contributed by atoms with Crippen molar-refractivity contribution in [3.05, 3.63) is 24.3 Å². The second-order valence-electron chi connectivity index (χ2n) is 9.15. The van der Waals surface area contributed by atoms with E-state index < -0.39 is 4.75 Å². The van der Waals surface area contributed by atoms with Gasteiger partial charge in [0.25, 0.3) is 0 Å². The number of benzene rings is 1. The molecule has 30 heavy (non-hydrogen) atoms.